The van der Waals surface area contributed by atoms with Gasteiger partial charge < -0.3 is 24.8 Å². The number of piperidine rings is 1. The second-order valence-corrected chi connectivity index (χ2v) is 11.5. The molecule has 3 aromatic rings. The van der Waals surface area contributed by atoms with Gasteiger partial charge in [0.25, 0.3) is 5.91 Å². The lowest BCUT2D eigenvalue weighted by molar-refractivity contribution is 0.0685. The van der Waals surface area contributed by atoms with E-state index < -0.39 is 0 Å². The number of nitrogens with one attached hydrogen (secondary N) is 1. The van der Waals surface area contributed by atoms with Crippen molar-refractivity contribution in [1.29, 1.82) is 0 Å². The molecule has 6 nitrogen and oxygen atoms in total. The zero-order valence-corrected chi connectivity index (χ0v) is 23.6. The van der Waals surface area contributed by atoms with E-state index in [1.54, 1.807) is 6.07 Å². The van der Waals surface area contributed by atoms with Gasteiger partial charge in [-0.3, -0.25) is 4.79 Å². The first-order valence-electron chi connectivity index (χ1n) is 14.3. The number of carbonyl (C=O) groups excluding carboxylic acids is 1. The van der Waals surface area contributed by atoms with Crippen molar-refractivity contribution in [2.45, 2.75) is 51.0 Å². The number of aryl methyl sites for hydroxylation is 1. The van der Waals surface area contributed by atoms with E-state index in [4.69, 9.17) is 9.47 Å². The molecule has 0 aromatic heterocycles. The minimum absolute atomic E-state index is 0.148. The van der Waals surface area contributed by atoms with Gasteiger partial charge in [0.05, 0.1) is 5.56 Å². The van der Waals surface area contributed by atoms with Crippen LogP contribution in [0.25, 0.3) is 11.1 Å². The number of carbonyl (C=O) groups is 1. The Balaban J connectivity index is 1.15. The minimum Gasteiger partial charge on any atom is -0.507 e. The fourth-order valence-electron chi connectivity index (χ4n) is 6.98. The van der Waals surface area contributed by atoms with E-state index >= 15 is 0 Å². The molecule has 0 spiro atoms. The summed E-state index contributed by atoms with van der Waals surface area (Å²) in [6.45, 7) is 6.08. The molecule has 2 heterocycles. The van der Waals surface area contributed by atoms with Crippen molar-refractivity contribution in [3.05, 3.63) is 89.0 Å². The smallest absolute Gasteiger partial charge is 0.255 e. The molecule has 0 bridgehead atoms. The van der Waals surface area contributed by atoms with Crippen LogP contribution in [0.1, 0.15) is 53.2 Å². The standard InChI is InChI=1S/C34H38N2O4/c1-22-7-13-27(32(37)31(22)34-16-5-4-6-28(34)23(2)36(3)19-17-34)33(38)35-18-15-24-8-10-25(11-9-24)26-12-14-29-30(20-26)40-21-39-29/h4,6-14,20,23,28,37H,5,15-19,21H2,1-3H3,(H,35,38). The van der Waals surface area contributed by atoms with E-state index in [0.717, 1.165) is 65.1 Å². The normalized spacial score (nSPS) is 23.6. The van der Waals surface area contributed by atoms with Gasteiger partial charge in [0.15, 0.2) is 11.5 Å². The summed E-state index contributed by atoms with van der Waals surface area (Å²) in [7, 11) is 2.18. The number of fused-ring (bicyclic) bond motifs is 2. The second kappa shape index (κ2) is 10.7. The number of benzene rings is 3. The fraction of sp³-hybridized carbons (Fsp3) is 0.382. The third kappa shape index (κ3) is 4.64. The lowest BCUT2D eigenvalue weighted by Gasteiger charge is -2.52. The van der Waals surface area contributed by atoms with Crippen LogP contribution in [0.3, 0.4) is 0 Å². The molecule has 2 aliphatic heterocycles. The lowest BCUT2D eigenvalue weighted by atomic mass is 9.58. The van der Waals surface area contributed by atoms with Crippen LogP contribution >= 0.6 is 0 Å². The van der Waals surface area contributed by atoms with Crippen LogP contribution in [0.15, 0.2) is 66.7 Å². The van der Waals surface area contributed by atoms with Crippen molar-refractivity contribution in [2.75, 3.05) is 26.9 Å². The third-order valence-corrected chi connectivity index (χ3v) is 9.35. The molecule has 1 saturated heterocycles. The summed E-state index contributed by atoms with van der Waals surface area (Å²) in [5.41, 5.74) is 5.56. The summed E-state index contributed by atoms with van der Waals surface area (Å²) in [5, 5.41) is 14.6. The largest absolute Gasteiger partial charge is 0.507 e. The van der Waals surface area contributed by atoms with Crippen LogP contribution in [-0.2, 0) is 11.8 Å². The number of amides is 1. The maximum Gasteiger partial charge on any atom is 0.255 e. The summed E-state index contributed by atoms with van der Waals surface area (Å²) in [5.74, 6) is 1.79. The molecule has 3 unspecified atom stereocenters. The molecule has 6 heteroatoms. The lowest BCUT2D eigenvalue weighted by Crippen LogP contribution is -2.54. The first-order chi connectivity index (χ1) is 19.4. The summed E-state index contributed by atoms with van der Waals surface area (Å²) >= 11 is 0. The van der Waals surface area contributed by atoms with Crippen molar-refractivity contribution >= 4 is 5.91 Å². The molecular formula is C34H38N2O4. The maximum absolute atomic E-state index is 13.3. The van der Waals surface area contributed by atoms with Crippen LogP contribution in [0.2, 0.25) is 0 Å². The quantitative estimate of drug-likeness (QED) is 0.377. The Labute approximate surface area is 236 Å². The zero-order valence-electron chi connectivity index (χ0n) is 23.6. The average Bonchev–Trinajstić information content (AvgIpc) is 3.44. The summed E-state index contributed by atoms with van der Waals surface area (Å²) in [6.07, 6.45) is 8.29. The molecule has 6 rings (SSSR count). The number of hydrogen-bond acceptors (Lipinski definition) is 5. The van der Waals surface area contributed by atoms with E-state index in [1.807, 2.05) is 24.3 Å². The molecule has 1 amide bonds. The van der Waals surface area contributed by atoms with Crippen molar-refractivity contribution in [3.63, 3.8) is 0 Å². The highest BCUT2D eigenvalue weighted by atomic mass is 16.7. The molecule has 208 valence electrons. The van der Waals surface area contributed by atoms with Gasteiger partial charge in [-0.2, -0.15) is 0 Å². The Morgan fingerprint density at radius 2 is 1.82 bits per heavy atom. The Morgan fingerprint density at radius 1 is 1.05 bits per heavy atom. The van der Waals surface area contributed by atoms with Crippen molar-refractivity contribution in [1.82, 2.24) is 10.2 Å². The highest BCUT2D eigenvalue weighted by molar-refractivity contribution is 5.97. The fourth-order valence-corrected chi connectivity index (χ4v) is 6.98. The Hall–Kier alpha value is -3.77. The van der Waals surface area contributed by atoms with Gasteiger partial charge in [-0.05, 0) is 93.6 Å². The van der Waals surface area contributed by atoms with Crippen LogP contribution < -0.4 is 14.8 Å². The highest BCUT2D eigenvalue weighted by Crippen LogP contribution is 2.52. The number of likely N-dealkylation sites (tertiary alicyclic amines) is 1. The predicted octanol–water partition coefficient (Wildman–Crippen LogP) is 6.00. The van der Waals surface area contributed by atoms with Gasteiger partial charge in [0, 0.05) is 29.5 Å². The van der Waals surface area contributed by atoms with Crippen LogP contribution in [0, 0.1) is 12.8 Å². The first-order valence-corrected chi connectivity index (χ1v) is 14.3. The number of allylic oxidation sites excluding steroid dienone is 1. The molecule has 40 heavy (non-hydrogen) atoms. The predicted molar refractivity (Wildman–Crippen MR) is 157 cm³/mol. The van der Waals surface area contributed by atoms with Gasteiger partial charge in [0.1, 0.15) is 5.75 Å². The van der Waals surface area contributed by atoms with Gasteiger partial charge in [0.2, 0.25) is 6.79 Å². The number of ether oxygens (including phenoxy) is 2. The number of phenolic OH excluding ortho intramolecular Hbond substituents is 1. The van der Waals surface area contributed by atoms with Gasteiger partial charge >= 0.3 is 0 Å². The summed E-state index contributed by atoms with van der Waals surface area (Å²) in [4.78, 5) is 15.7. The monoisotopic (exact) mass is 538 g/mol. The number of rotatable bonds is 6. The van der Waals surface area contributed by atoms with E-state index in [1.165, 1.54) is 0 Å². The Kier molecular flexibility index (Phi) is 7.05. The SMILES string of the molecule is Cc1ccc(C(=O)NCCc2ccc(-c3ccc4c(c3)OCO4)cc2)c(O)c1C12CCC=CC1C(C)N(C)CC2. The highest BCUT2D eigenvalue weighted by Gasteiger charge is 2.49. The number of nitrogens with zero attached hydrogens (tertiary/aromatic N) is 1. The summed E-state index contributed by atoms with van der Waals surface area (Å²) < 4.78 is 10.9. The third-order valence-electron chi connectivity index (χ3n) is 9.35. The molecule has 0 radical (unpaired) electrons. The van der Waals surface area contributed by atoms with E-state index in [0.29, 0.717) is 30.5 Å². The first kappa shape index (κ1) is 26.5. The molecule has 3 aliphatic rings. The van der Waals surface area contributed by atoms with Crippen LogP contribution in [0.5, 0.6) is 17.2 Å². The molecule has 3 aromatic carbocycles. The van der Waals surface area contributed by atoms with E-state index in [2.05, 4.69) is 67.5 Å². The van der Waals surface area contributed by atoms with Gasteiger partial charge in [-0.15, -0.1) is 0 Å². The minimum atomic E-state index is -0.226. The average molecular weight is 539 g/mol. The molecule has 1 fully saturated rings. The Morgan fingerprint density at radius 3 is 2.65 bits per heavy atom. The van der Waals surface area contributed by atoms with Crippen molar-refractivity contribution < 1.29 is 19.4 Å². The topological polar surface area (TPSA) is 71.0 Å². The van der Waals surface area contributed by atoms with Crippen molar-refractivity contribution in [3.8, 4) is 28.4 Å². The number of hydrogen-bond donors (Lipinski definition) is 2. The molecule has 1 aliphatic carbocycles. The van der Waals surface area contributed by atoms with E-state index in [9.17, 15) is 9.90 Å². The summed E-state index contributed by atoms with van der Waals surface area (Å²) in [6, 6.07) is 18.5. The Bertz CT molecular complexity index is 1450. The van der Waals surface area contributed by atoms with Crippen LogP contribution in [-0.4, -0.2) is 48.9 Å². The van der Waals surface area contributed by atoms with E-state index in [-0.39, 0.29) is 23.9 Å². The van der Waals surface area contributed by atoms with Crippen molar-refractivity contribution in [2.24, 2.45) is 5.92 Å². The maximum atomic E-state index is 13.3. The number of aromatic hydroxyl groups is 1. The van der Waals surface area contributed by atoms with Crippen LogP contribution in [0.4, 0.5) is 0 Å². The molecule has 3 atom stereocenters. The number of phenols is 1. The second-order valence-electron chi connectivity index (χ2n) is 11.5. The molecular weight excluding hydrogens is 500 g/mol. The molecule has 0 saturated carbocycles. The molecule has 2 N–H and O–H groups in total. The zero-order chi connectivity index (χ0) is 27.9. The van der Waals surface area contributed by atoms with Gasteiger partial charge in [-0.25, -0.2) is 0 Å². The van der Waals surface area contributed by atoms with Gasteiger partial charge in [-0.1, -0.05) is 48.6 Å².